The van der Waals surface area contributed by atoms with Gasteiger partial charge in [-0.05, 0) is 81.4 Å². The van der Waals surface area contributed by atoms with Crippen LogP contribution in [-0.4, -0.2) is 15.8 Å². The number of hydrogen-bond acceptors (Lipinski definition) is 3. The largest absolute Gasteiger partial charge is 0.301 e. The van der Waals surface area contributed by atoms with Crippen molar-refractivity contribution in [3.05, 3.63) is 34.7 Å². The van der Waals surface area contributed by atoms with Crippen LogP contribution in [0.25, 0.3) is 11.3 Å². The molecule has 6 rings (SSSR count). The molecule has 0 spiro atoms. The molecule has 1 N–H and O–H groups in total. The van der Waals surface area contributed by atoms with E-state index in [9.17, 15) is 4.79 Å². The zero-order valence-corrected chi connectivity index (χ0v) is 17.4. The summed E-state index contributed by atoms with van der Waals surface area (Å²) in [4.78, 5) is 17.8. The summed E-state index contributed by atoms with van der Waals surface area (Å²) in [7, 11) is 0. The van der Waals surface area contributed by atoms with Gasteiger partial charge in [-0.3, -0.25) is 4.79 Å². The second-order valence-corrected chi connectivity index (χ2v) is 10.8. The van der Waals surface area contributed by atoms with Gasteiger partial charge in [0.1, 0.15) is 0 Å². The molecule has 1 aromatic carbocycles. The summed E-state index contributed by atoms with van der Waals surface area (Å²) in [6.07, 6.45) is 6.27. The van der Waals surface area contributed by atoms with Crippen LogP contribution in [0, 0.1) is 31.1 Å². The Bertz CT molecular complexity index is 907. The number of carbonyl (C=O) groups excluding carboxylic acids is 1. The first-order valence-corrected chi connectivity index (χ1v) is 11.1. The SMILES string of the molecule is Cc1ccc(-c2csc(NC(=O)C34C[C@@H]5C[C@@H](CC(Cl)(C5)C3)C4)n2)cc1C. The zero-order valence-electron chi connectivity index (χ0n) is 15.8. The van der Waals surface area contributed by atoms with Crippen LogP contribution in [0.2, 0.25) is 0 Å². The number of amides is 1. The maximum absolute atomic E-state index is 13.2. The number of aryl methyl sites for hydroxylation is 2. The number of aromatic nitrogens is 1. The highest BCUT2D eigenvalue weighted by Crippen LogP contribution is 2.64. The van der Waals surface area contributed by atoms with E-state index in [4.69, 9.17) is 11.6 Å². The van der Waals surface area contributed by atoms with Crippen LogP contribution in [0.3, 0.4) is 0 Å². The highest BCUT2D eigenvalue weighted by atomic mass is 35.5. The molecule has 2 unspecified atom stereocenters. The monoisotopic (exact) mass is 400 g/mol. The van der Waals surface area contributed by atoms with E-state index in [1.807, 2.05) is 5.38 Å². The molecule has 142 valence electrons. The molecule has 1 aromatic heterocycles. The molecule has 1 heterocycles. The first-order valence-electron chi connectivity index (χ1n) is 9.88. The minimum atomic E-state index is -0.280. The van der Waals surface area contributed by atoms with Crippen molar-refractivity contribution in [2.75, 3.05) is 5.32 Å². The summed E-state index contributed by atoms with van der Waals surface area (Å²) in [6, 6.07) is 6.38. The molecule has 4 aliphatic carbocycles. The van der Waals surface area contributed by atoms with Gasteiger partial charge < -0.3 is 5.32 Å². The van der Waals surface area contributed by atoms with E-state index in [1.54, 1.807) is 0 Å². The molecule has 4 fully saturated rings. The number of carbonyl (C=O) groups is 1. The zero-order chi connectivity index (χ0) is 18.8. The highest BCUT2D eigenvalue weighted by Gasteiger charge is 2.60. The molecular weight excluding hydrogens is 376 g/mol. The third kappa shape index (κ3) is 3.01. The van der Waals surface area contributed by atoms with Crippen molar-refractivity contribution in [1.29, 1.82) is 0 Å². The molecule has 1 amide bonds. The molecule has 3 nitrogen and oxygen atoms in total. The van der Waals surface area contributed by atoms with E-state index < -0.39 is 0 Å². The Hall–Kier alpha value is -1.39. The van der Waals surface area contributed by atoms with E-state index >= 15 is 0 Å². The maximum atomic E-state index is 13.2. The van der Waals surface area contributed by atoms with Gasteiger partial charge in [0.25, 0.3) is 0 Å². The molecule has 0 saturated heterocycles. The Morgan fingerprint density at radius 2 is 1.93 bits per heavy atom. The van der Waals surface area contributed by atoms with Gasteiger partial charge in [0.05, 0.1) is 11.1 Å². The standard InChI is InChI=1S/C22H25ClN2OS/c1-13-3-4-17(5-14(13)2)18-11-27-20(24-18)25-19(26)21-7-15-6-16(8-21)10-22(23,9-15)12-21/h3-5,11,15-16H,6-10,12H2,1-2H3,(H,24,25,26)/t15-,16+,21?,22?. The topological polar surface area (TPSA) is 42.0 Å². The molecular formula is C22H25ClN2OS. The lowest BCUT2D eigenvalue weighted by molar-refractivity contribution is -0.138. The minimum absolute atomic E-state index is 0.141. The van der Waals surface area contributed by atoms with Gasteiger partial charge in [-0.25, -0.2) is 4.98 Å². The number of halogens is 1. The molecule has 4 saturated carbocycles. The average molecular weight is 401 g/mol. The summed E-state index contributed by atoms with van der Waals surface area (Å²) in [5.74, 6) is 1.39. The normalized spacial score (nSPS) is 34.0. The number of thiazole rings is 1. The lowest BCUT2D eigenvalue weighted by atomic mass is 9.49. The van der Waals surface area contributed by atoms with Crippen LogP contribution in [0.4, 0.5) is 5.13 Å². The van der Waals surface area contributed by atoms with Crippen LogP contribution >= 0.6 is 22.9 Å². The second kappa shape index (κ2) is 6.05. The fraction of sp³-hybridized carbons (Fsp3) is 0.545. The van der Waals surface area contributed by atoms with E-state index in [1.165, 1.54) is 28.9 Å². The quantitative estimate of drug-likeness (QED) is 0.647. The predicted octanol–water partition coefficient (Wildman–Crippen LogP) is 5.94. The second-order valence-electron chi connectivity index (χ2n) is 9.18. The van der Waals surface area contributed by atoms with Crippen molar-refractivity contribution in [3.8, 4) is 11.3 Å². The van der Waals surface area contributed by atoms with Crippen LogP contribution in [0.5, 0.6) is 0 Å². The fourth-order valence-corrected chi connectivity index (χ4v) is 7.42. The van der Waals surface area contributed by atoms with Crippen LogP contribution in [-0.2, 0) is 4.79 Å². The van der Waals surface area contributed by atoms with Crippen molar-refractivity contribution < 1.29 is 4.79 Å². The summed E-state index contributed by atoms with van der Waals surface area (Å²) in [6.45, 7) is 4.23. The van der Waals surface area contributed by atoms with Crippen molar-refractivity contribution >= 4 is 34.0 Å². The summed E-state index contributed by atoms with van der Waals surface area (Å²) in [5, 5.41) is 5.87. The lowest BCUT2D eigenvalue weighted by Gasteiger charge is -2.59. The van der Waals surface area contributed by atoms with Gasteiger partial charge in [0, 0.05) is 15.8 Å². The number of hydrogen-bond donors (Lipinski definition) is 1. The molecule has 2 aromatic rings. The smallest absolute Gasteiger partial charge is 0.232 e. The Balaban J connectivity index is 1.36. The van der Waals surface area contributed by atoms with Crippen molar-refractivity contribution in [2.24, 2.45) is 17.3 Å². The first-order chi connectivity index (χ1) is 12.8. The molecule has 4 bridgehead atoms. The van der Waals surface area contributed by atoms with E-state index in [-0.39, 0.29) is 16.2 Å². The maximum Gasteiger partial charge on any atom is 0.232 e. The number of nitrogens with zero attached hydrogens (tertiary/aromatic N) is 1. The molecule has 4 aliphatic rings. The number of alkyl halides is 1. The van der Waals surface area contributed by atoms with Gasteiger partial charge in [0.2, 0.25) is 5.91 Å². The number of rotatable bonds is 3. The average Bonchev–Trinajstić information content (AvgIpc) is 3.03. The summed E-state index contributed by atoms with van der Waals surface area (Å²) in [5.41, 5.74) is 4.28. The van der Waals surface area contributed by atoms with Crippen LogP contribution in [0.1, 0.15) is 49.7 Å². The van der Waals surface area contributed by atoms with E-state index in [0.29, 0.717) is 17.0 Å². The molecule has 0 aliphatic heterocycles. The number of nitrogens with one attached hydrogen (secondary N) is 1. The third-order valence-electron chi connectivity index (χ3n) is 7.00. The molecule has 27 heavy (non-hydrogen) atoms. The van der Waals surface area contributed by atoms with Crippen LogP contribution < -0.4 is 5.32 Å². The van der Waals surface area contributed by atoms with Gasteiger partial charge in [0.15, 0.2) is 5.13 Å². The Labute approximate surface area is 169 Å². The van der Waals surface area contributed by atoms with E-state index in [0.717, 1.165) is 43.4 Å². The summed E-state index contributed by atoms with van der Waals surface area (Å²) < 4.78 is 0. The number of anilines is 1. The fourth-order valence-electron chi connectivity index (χ4n) is 6.01. The Morgan fingerprint density at radius 1 is 1.19 bits per heavy atom. The summed E-state index contributed by atoms with van der Waals surface area (Å²) >= 11 is 8.40. The van der Waals surface area contributed by atoms with E-state index in [2.05, 4.69) is 42.3 Å². The molecule has 5 heteroatoms. The van der Waals surface area contributed by atoms with Crippen molar-refractivity contribution in [2.45, 2.75) is 57.2 Å². The Morgan fingerprint density at radius 3 is 2.59 bits per heavy atom. The predicted molar refractivity (Wildman–Crippen MR) is 111 cm³/mol. The lowest BCUT2D eigenvalue weighted by Crippen LogP contribution is -2.57. The van der Waals surface area contributed by atoms with Gasteiger partial charge in [-0.2, -0.15) is 0 Å². The first kappa shape index (κ1) is 17.7. The van der Waals surface area contributed by atoms with Crippen molar-refractivity contribution in [3.63, 3.8) is 0 Å². The van der Waals surface area contributed by atoms with Crippen LogP contribution in [0.15, 0.2) is 23.6 Å². The molecule has 4 atom stereocenters. The van der Waals surface area contributed by atoms with Gasteiger partial charge in [-0.15, -0.1) is 22.9 Å². The third-order valence-corrected chi connectivity index (χ3v) is 8.20. The van der Waals surface area contributed by atoms with Crippen molar-refractivity contribution in [1.82, 2.24) is 4.98 Å². The molecule has 0 radical (unpaired) electrons. The minimum Gasteiger partial charge on any atom is -0.301 e. The highest BCUT2D eigenvalue weighted by molar-refractivity contribution is 7.14. The Kier molecular flexibility index (Phi) is 3.97. The number of benzene rings is 1. The van der Waals surface area contributed by atoms with Gasteiger partial charge in [-0.1, -0.05) is 12.1 Å². The van der Waals surface area contributed by atoms with Gasteiger partial charge >= 0.3 is 0 Å².